The number of ether oxygens (including phenoxy) is 3. The van der Waals surface area contributed by atoms with Gasteiger partial charge in [-0.15, -0.1) is 4.36 Å². The first kappa shape index (κ1) is 29.2. The van der Waals surface area contributed by atoms with Crippen molar-refractivity contribution in [2.45, 2.75) is 51.4 Å². The van der Waals surface area contributed by atoms with Crippen molar-refractivity contribution < 1.29 is 32.0 Å². The fourth-order valence-corrected chi connectivity index (χ4v) is 5.15. The molecule has 0 saturated heterocycles. The lowest BCUT2D eigenvalue weighted by molar-refractivity contribution is 0.0607. The van der Waals surface area contributed by atoms with Gasteiger partial charge in [-0.25, -0.2) is 27.8 Å². The van der Waals surface area contributed by atoms with Gasteiger partial charge < -0.3 is 19.5 Å². The van der Waals surface area contributed by atoms with Crippen molar-refractivity contribution in [2.24, 2.45) is 4.36 Å². The number of halogens is 2. The summed E-state index contributed by atoms with van der Waals surface area (Å²) in [6.45, 7) is 5.78. The maximum Gasteiger partial charge on any atom is 0.442 e. The van der Waals surface area contributed by atoms with Gasteiger partial charge in [-0.2, -0.15) is 0 Å². The fraction of sp³-hybridized carbons (Fsp3) is 0.393. The fourth-order valence-electron chi connectivity index (χ4n) is 3.95. The number of aromatic nitrogens is 2. The number of carbonyl (C=O) groups is 1. The molecule has 1 aliphatic rings. The van der Waals surface area contributed by atoms with Crippen LogP contribution in [0.4, 0.5) is 25.2 Å². The zero-order valence-electron chi connectivity index (χ0n) is 22.8. The van der Waals surface area contributed by atoms with Gasteiger partial charge in [0.2, 0.25) is 5.95 Å². The number of fused-ring (bicyclic) bond motifs is 7. The summed E-state index contributed by atoms with van der Waals surface area (Å²) in [4.78, 5) is 20.5. The maximum absolute atomic E-state index is 14.7. The Morgan fingerprint density at radius 2 is 1.82 bits per heavy atom. The molecule has 1 N–H and O–H groups in total. The van der Waals surface area contributed by atoms with Gasteiger partial charge in [-0.3, -0.25) is 0 Å². The van der Waals surface area contributed by atoms with Crippen LogP contribution in [0.15, 0.2) is 47.0 Å². The van der Waals surface area contributed by atoms with Crippen molar-refractivity contribution in [3.05, 3.63) is 59.8 Å². The Balaban J connectivity index is 1.69. The molecule has 1 aromatic heterocycles. The Morgan fingerprint density at radius 1 is 1.07 bits per heavy atom. The van der Waals surface area contributed by atoms with Crippen LogP contribution in [0, 0.1) is 11.6 Å². The highest BCUT2D eigenvalue weighted by Gasteiger charge is 2.19. The van der Waals surface area contributed by atoms with Gasteiger partial charge in [0, 0.05) is 23.6 Å². The van der Waals surface area contributed by atoms with Crippen LogP contribution in [0.25, 0.3) is 11.3 Å². The van der Waals surface area contributed by atoms with Crippen molar-refractivity contribution in [1.82, 2.24) is 9.97 Å². The number of hydrogen-bond acceptors (Lipinski definition) is 8. The second-order valence-corrected chi connectivity index (χ2v) is 12.8. The lowest BCUT2D eigenvalue weighted by atomic mass is 10.1. The van der Waals surface area contributed by atoms with Crippen molar-refractivity contribution in [3.8, 4) is 22.8 Å². The van der Waals surface area contributed by atoms with Crippen LogP contribution >= 0.6 is 0 Å². The number of anilines is 2. The van der Waals surface area contributed by atoms with Crippen LogP contribution in [0.1, 0.15) is 45.6 Å². The van der Waals surface area contributed by atoms with Crippen molar-refractivity contribution >= 4 is 27.5 Å². The molecular weight excluding hydrogens is 542 g/mol. The van der Waals surface area contributed by atoms with Crippen molar-refractivity contribution in [2.75, 3.05) is 24.8 Å². The van der Waals surface area contributed by atoms with Gasteiger partial charge >= 0.3 is 6.09 Å². The molecule has 4 rings (SSSR count). The third kappa shape index (κ3) is 8.35. The van der Waals surface area contributed by atoms with E-state index in [1.54, 1.807) is 39.0 Å². The predicted molar refractivity (Wildman–Crippen MR) is 148 cm³/mol. The van der Waals surface area contributed by atoms with Gasteiger partial charge in [0.1, 0.15) is 17.0 Å². The van der Waals surface area contributed by atoms with Crippen LogP contribution in [-0.2, 0) is 20.2 Å². The van der Waals surface area contributed by atoms with Gasteiger partial charge in [-0.1, -0.05) is 0 Å². The zero-order valence-corrected chi connectivity index (χ0v) is 23.6. The number of amides is 1. The van der Waals surface area contributed by atoms with Crippen LogP contribution in [-0.4, -0.2) is 45.3 Å². The van der Waals surface area contributed by atoms with Crippen LogP contribution < -0.4 is 14.8 Å². The van der Waals surface area contributed by atoms with E-state index >= 15 is 0 Å². The smallest absolute Gasteiger partial charge is 0.442 e. The van der Waals surface area contributed by atoms with E-state index in [0.29, 0.717) is 42.0 Å². The maximum atomic E-state index is 14.7. The summed E-state index contributed by atoms with van der Waals surface area (Å²) in [6.07, 6.45) is 3.64. The lowest BCUT2D eigenvalue weighted by Gasteiger charge is -2.17. The Labute approximate surface area is 232 Å². The summed E-state index contributed by atoms with van der Waals surface area (Å²) in [5, 5.41) is 3.03. The Hall–Kier alpha value is -3.80. The highest BCUT2D eigenvalue weighted by Crippen LogP contribution is 2.30. The summed E-state index contributed by atoms with van der Waals surface area (Å²) in [7, 11) is -3.00. The molecule has 0 saturated carbocycles. The molecule has 6 bridgehead atoms. The minimum Gasteiger partial charge on any atom is -0.494 e. The molecule has 1 atom stereocenters. The first-order chi connectivity index (χ1) is 18.9. The average molecular weight is 575 g/mol. The minimum absolute atomic E-state index is 0.0156. The largest absolute Gasteiger partial charge is 0.494 e. The highest BCUT2D eigenvalue weighted by molar-refractivity contribution is 7.92. The monoisotopic (exact) mass is 574 g/mol. The molecule has 2 aromatic carbocycles. The first-order valence-corrected chi connectivity index (χ1v) is 14.9. The van der Waals surface area contributed by atoms with E-state index in [1.807, 2.05) is 0 Å². The molecule has 12 heteroatoms. The van der Waals surface area contributed by atoms with Gasteiger partial charge in [-0.05, 0) is 75.9 Å². The summed E-state index contributed by atoms with van der Waals surface area (Å²) in [6, 6.07) is 9.18. The second kappa shape index (κ2) is 12.2. The summed E-state index contributed by atoms with van der Waals surface area (Å²) in [5.74, 6) is -0.707. The standard InChI is InChI=1S/C28H32F2N4O5S/c1-28(2,3)39-27(35)34-40(4,36)17-18-12-20-15-21(13-18)37-10-6-5-7-11-38-24-14-19(8-9-22(24)29)25-23(30)16-31-26(32-20)33-25/h8-9,12-16H,5-7,10-11,17H2,1-4H3,(H,31,32,33). The Bertz CT molecular complexity index is 1520. The number of hydrogen-bond donors (Lipinski definition) is 1. The van der Waals surface area contributed by atoms with Crippen LogP contribution in [0.2, 0.25) is 0 Å². The molecule has 40 heavy (non-hydrogen) atoms. The third-order valence-electron chi connectivity index (χ3n) is 5.58. The molecule has 0 aliphatic carbocycles. The molecule has 1 amide bonds. The van der Waals surface area contributed by atoms with E-state index in [2.05, 4.69) is 19.6 Å². The number of rotatable bonds is 2. The van der Waals surface area contributed by atoms with E-state index in [0.717, 1.165) is 12.6 Å². The van der Waals surface area contributed by atoms with E-state index in [1.165, 1.54) is 24.5 Å². The molecule has 214 valence electrons. The van der Waals surface area contributed by atoms with Crippen molar-refractivity contribution in [1.29, 1.82) is 0 Å². The summed E-state index contributed by atoms with van der Waals surface area (Å²) < 4.78 is 62.8. The topological polar surface area (TPSA) is 112 Å². The molecule has 0 spiro atoms. The average Bonchev–Trinajstić information content (AvgIpc) is 2.83. The van der Waals surface area contributed by atoms with Crippen LogP contribution in [0.5, 0.6) is 11.5 Å². The van der Waals surface area contributed by atoms with Crippen molar-refractivity contribution in [3.63, 3.8) is 0 Å². The van der Waals surface area contributed by atoms with Gasteiger partial charge in [0.25, 0.3) is 0 Å². The molecule has 2 heterocycles. The summed E-state index contributed by atoms with van der Waals surface area (Å²) >= 11 is 0. The first-order valence-electron chi connectivity index (χ1n) is 12.8. The number of carbonyl (C=O) groups excluding carboxylic acids is 1. The lowest BCUT2D eigenvalue weighted by Crippen LogP contribution is -2.22. The molecule has 3 aromatic rings. The second-order valence-electron chi connectivity index (χ2n) is 10.5. The SMILES string of the molecule is CC(C)(C)OC(=O)N=S(C)(=O)Cc1cc2cc(c1)OCCCCCOc1cc(ccc1F)-c1nc(ncc1F)N2. The van der Waals surface area contributed by atoms with Gasteiger partial charge in [0.15, 0.2) is 17.4 Å². The van der Waals surface area contributed by atoms with Gasteiger partial charge in [0.05, 0.1) is 34.9 Å². The normalized spacial score (nSPS) is 15.3. The molecule has 0 radical (unpaired) electrons. The molecule has 9 nitrogen and oxygen atoms in total. The number of nitrogens with zero attached hydrogens (tertiary/aromatic N) is 3. The molecule has 0 fully saturated rings. The third-order valence-corrected chi connectivity index (χ3v) is 6.99. The van der Waals surface area contributed by atoms with E-state index in [-0.39, 0.29) is 29.8 Å². The molecule has 1 unspecified atom stereocenters. The van der Waals surface area contributed by atoms with E-state index in [4.69, 9.17) is 14.2 Å². The van der Waals surface area contributed by atoms with Crippen LogP contribution in [0.3, 0.4) is 0 Å². The van der Waals surface area contributed by atoms with E-state index < -0.39 is 33.1 Å². The van der Waals surface area contributed by atoms with E-state index in [9.17, 15) is 17.8 Å². The summed E-state index contributed by atoms with van der Waals surface area (Å²) in [5.41, 5.74) is 0.598. The predicted octanol–water partition coefficient (Wildman–Crippen LogP) is 6.64. The Kier molecular flexibility index (Phi) is 8.87. The quantitative estimate of drug-likeness (QED) is 0.363. The number of benzene rings is 2. The molecule has 1 aliphatic heterocycles. The Morgan fingerprint density at radius 3 is 2.58 bits per heavy atom. The highest BCUT2D eigenvalue weighted by atomic mass is 32.2. The minimum atomic E-state index is -3.00. The zero-order chi connectivity index (χ0) is 28.9. The number of nitrogens with one attached hydrogen (secondary N) is 1. The molecular formula is C28H32F2N4O5S.